The highest BCUT2D eigenvalue weighted by Crippen LogP contribution is 2.44. The molecular weight excluding hydrogens is 1540 g/mol. The zero-order chi connectivity index (χ0) is 82.3. The average molecular weight is 1610 g/mol. The first-order valence-electron chi connectivity index (χ1n) is 42.7. The van der Waals surface area contributed by atoms with E-state index in [1.54, 1.807) is 0 Å². The van der Waals surface area contributed by atoms with Crippen LogP contribution < -0.4 is 0 Å². The Morgan fingerprint density at radius 2 is 0.333 bits per heavy atom. The van der Waals surface area contributed by atoms with E-state index in [0.717, 1.165) is 146 Å². The lowest BCUT2D eigenvalue weighted by atomic mass is 10.0. The summed E-state index contributed by atoms with van der Waals surface area (Å²) in [4.78, 5) is 21.3. The van der Waals surface area contributed by atoms with E-state index in [-0.39, 0.29) is 0 Å². The summed E-state index contributed by atoms with van der Waals surface area (Å²) in [6.45, 7) is 0. The van der Waals surface area contributed by atoms with Crippen LogP contribution in [0.15, 0.2) is 425 Å². The van der Waals surface area contributed by atoms with Gasteiger partial charge in [0.25, 0.3) is 0 Å². The van der Waals surface area contributed by atoms with Crippen molar-refractivity contribution in [3.8, 4) is 56.4 Å². The van der Waals surface area contributed by atoms with Crippen molar-refractivity contribution >= 4 is 177 Å². The van der Waals surface area contributed by atoms with Crippen molar-refractivity contribution in [2.45, 2.75) is 0 Å². The molecule has 18 aromatic carbocycles. The first-order chi connectivity index (χ1) is 62.5. The van der Waals surface area contributed by atoms with Gasteiger partial charge >= 0.3 is 0 Å². The van der Waals surface area contributed by atoms with Crippen LogP contribution in [0.2, 0.25) is 0 Å². The summed E-state index contributed by atoms with van der Waals surface area (Å²) in [6.07, 6.45) is 0. The molecule has 14 heteroatoms. The van der Waals surface area contributed by atoms with E-state index in [9.17, 15) is 0 Å². The topological polar surface area (TPSA) is 98.8 Å². The van der Waals surface area contributed by atoms with Crippen LogP contribution in [0.5, 0.6) is 0 Å². The molecule has 0 fully saturated rings. The minimum Gasteiger partial charge on any atom is -0.309 e. The van der Waals surface area contributed by atoms with Crippen molar-refractivity contribution in [2.24, 2.45) is 0 Å². The molecule has 0 N–H and O–H groups in total. The number of hydrogen-bond acceptors (Lipinski definition) is 4. The molecule has 28 aromatic rings. The van der Waals surface area contributed by atoms with Gasteiger partial charge in [-0.1, -0.05) is 212 Å². The van der Waals surface area contributed by atoms with Gasteiger partial charge in [-0.15, -0.1) is 0 Å². The van der Waals surface area contributed by atoms with E-state index < -0.39 is 0 Å². The van der Waals surface area contributed by atoms with Crippen LogP contribution in [0.25, 0.3) is 233 Å². The molecule has 10 aromatic heterocycles. The summed E-state index contributed by atoms with van der Waals surface area (Å²) < 4.78 is 23.0. The van der Waals surface area contributed by atoms with Crippen LogP contribution in [0.3, 0.4) is 0 Å². The molecule has 0 spiro atoms. The smallest absolute Gasteiger partial charge is 0.223 e. The summed E-state index contributed by atoms with van der Waals surface area (Å²) in [5.74, 6) is 3.14. The Labute approximate surface area is 717 Å². The second-order valence-electron chi connectivity index (χ2n) is 32.6. The van der Waals surface area contributed by atoms with Crippen molar-refractivity contribution < 1.29 is 0 Å². The third-order valence-electron chi connectivity index (χ3n) is 25.8. The lowest BCUT2D eigenvalue weighted by molar-refractivity contribution is 1.02. The monoisotopic (exact) mass is 1610 g/mol. The van der Waals surface area contributed by atoms with Gasteiger partial charge in [0.2, 0.25) is 23.1 Å². The Morgan fingerprint density at radius 3 is 0.635 bits per heavy atom. The van der Waals surface area contributed by atoms with Crippen molar-refractivity contribution in [2.75, 3.05) is 0 Å². The van der Waals surface area contributed by atoms with Gasteiger partial charge < -0.3 is 18.3 Å². The maximum atomic E-state index is 5.35. The molecule has 126 heavy (non-hydrogen) atoms. The predicted molar refractivity (Wildman–Crippen MR) is 517 cm³/mol. The largest absolute Gasteiger partial charge is 0.309 e. The normalized spacial score (nSPS) is 12.1. The number of fused-ring (bicyclic) bond motifs is 30. The number of nitrogens with zero attached hydrogens (tertiary/aromatic N) is 14. The molecule has 0 radical (unpaired) electrons. The maximum Gasteiger partial charge on any atom is 0.223 e. The summed E-state index contributed by atoms with van der Waals surface area (Å²) in [5.41, 5.74) is 32.6. The molecule has 28 rings (SSSR count). The number of benzene rings is 18. The predicted octanol–water partition coefficient (Wildman–Crippen LogP) is 27.3. The Morgan fingerprint density at radius 1 is 0.127 bits per heavy atom. The van der Waals surface area contributed by atoms with E-state index in [2.05, 4.69) is 470 Å². The van der Waals surface area contributed by atoms with Gasteiger partial charge in [-0.25, -0.2) is 29.1 Å². The standard InChI is InChI=1S/2C56H35N7/c1-2-15-38(16-3-1)59-47-23-8-4-19-41(47)43-33-36(29-31-49(43)59)37-30-32-50-44(34-37)42-20-5-9-24-48(42)60(50)39-17-14-18-40(35-39)61-55-57-45-21-6-10-25-51(45)62(55)53-27-12-13-28-54(53)63-52-26-11-7-22-46(52)58-56(61)63;1-2-14-38(15-3-1)59-47-20-8-4-16-41(47)43-34-36(26-32-49(43)59)37-27-33-50-44(35-37)42-17-5-9-21-48(42)60(50)39-28-30-40(31-29-39)61-55-57-45-18-6-10-22-51(45)62(55)53-24-12-13-25-54(53)63-52-23-11-7-19-46(52)58-56(61)63/h2*1-35H. The first kappa shape index (κ1) is 69.4. The third-order valence-corrected chi connectivity index (χ3v) is 25.8. The molecule has 0 bridgehead atoms. The fourth-order valence-electron chi connectivity index (χ4n) is 20.3. The Kier molecular flexibility index (Phi) is 14.9. The minimum absolute atomic E-state index is 0.783. The summed E-state index contributed by atoms with van der Waals surface area (Å²) >= 11 is 0. The van der Waals surface area contributed by atoms with Crippen LogP contribution in [-0.2, 0) is 0 Å². The zero-order valence-corrected chi connectivity index (χ0v) is 67.7. The number of para-hydroxylation sites is 18. The van der Waals surface area contributed by atoms with Gasteiger partial charge in [-0.05, 0) is 235 Å². The molecule has 0 amide bonds. The molecule has 588 valence electrons. The lowest BCUT2D eigenvalue weighted by Crippen LogP contribution is -2.03. The van der Waals surface area contributed by atoms with Gasteiger partial charge in [0.1, 0.15) is 0 Å². The summed E-state index contributed by atoms with van der Waals surface area (Å²) in [5, 5.41) is 9.82. The van der Waals surface area contributed by atoms with Gasteiger partial charge in [0, 0.05) is 65.8 Å². The fourth-order valence-corrected chi connectivity index (χ4v) is 20.3. The van der Waals surface area contributed by atoms with Gasteiger partial charge in [-0.2, -0.15) is 0 Å². The molecular formula is C112H70N14. The summed E-state index contributed by atoms with van der Waals surface area (Å²) in [6, 6.07) is 152. The van der Waals surface area contributed by atoms with Crippen molar-refractivity contribution in [1.29, 1.82) is 0 Å². The van der Waals surface area contributed by atoms with Crippen LogP contribution in [0.1, 0.15) is 0 Å². The van der Waals surface area contributed by atoms with Gasteiger partial charge in [0.15, 0.2) is 0 Å². The van der Waals surface area contributed by atoms with E-state index in [0.29, 0.717) is 0 Å². The van der Waals surface area contributed by atoms with Crippen LogP contribution in [0.4, 0.5) is 0 Å². The number of imidazole rings is 4. The molecule has 0 aliphatic rings. The Balaban J connectivity index is 0.000000131. The Hall–Kier alpha value is -17.4. The zero-order valence-electron chi connectivity index (χ0n) is 67.7. The molecule has 0 unspecified atom stereocenters. The number of hydrogen-bond donors (Lipinski definition) is 0. The molecule has 14 nitrogen and oxygen atoms in total. The maximum absolute atomic E-state index is 5.35. The molecule has 10 heterocycles. The molecule has 0 saturated carbocycles. The van der Waals surface area contributed by atoms with Crippen LogP contribution in [0, 0.1) is 0 Å². The third kappa shape index (κ3) is 10.3. The van der Waals surface area contributed by atoms with E-state index in [1.807, 2.05) is 0 Å². The first-order valence-corrected chi connectivity index (χ1v) is 42.7. The van der Waals surface area contributed by atoms with Crippen LogP contribution >= 0.6 is 0 Å². The van der Waals surface area contributed by atoms with Crippen LogP contribution in [-0.4, -0.2) is 64.9 Å². The highest BCUT2D eigenvalue weighted by molar-refractivity contribution is 6.15. The Bertz CT molecular complexity index is 9280. The summed E-state index contributed by atoms with van der Waals surface area (Å²) in [7, 11) is 0. The molecule has 0 saturated heterocycles. The van der Waals surface area contributed by atoms with Gasteiger partial charge in [0.05, 0.1) is 122 Å². The second kappa shape index (κ2) is 27.1. The minimum atomic E-state index is 0.783. The highest BCUT2D eigenvalue weighted by Gasteiger charge is 2.25. The fraction of sp³-hybridized carbons (Fsp3) is 0. The molecule has 0 atom stereocenters. The number of aromatic nitrogens is 14. The van der Waals surface area contributed by atoms with Gasteiger partial charge in [-0.3, -0.25) is 17.6 Å². The van der Waals surface area contributed by atoms with Crippen molar-refractivity contribution in [3.05, 3.63) is 425 Å². The quantitative estimate of drug-likeness (QED) is 0.151. The molecule has 0 aliphatic heterocycles. The van der Waals surface area contributed by atoms with Crippen molar-refractivity contribution in [3.63, 3.8) is 0 Å². The van der Waals surface area contributed by atoms with E-state index >= 15 is 0 Å². The van der Waals surface area contributed by atoms with E-state index in [4.69, 9.17) is 19.9 Å². The average Bonchev–Trinajstić information content (AvgIpc) is 1.55. The highest BCUT2D eigenvalue weighted by atomic mass is 15.3. The SMILES string of the molecule is c1ccc(-n2c3ccccc3c3cc(-c4ccc5c(c4)c4ccccc4n5-c4ccc(-n5c6nc7ccccc7n6c6ccccc6n6c7ccccc7nc56)cc4)ccc32)cc1.c1ccc(-n2c3ccccc3c3cc(-c4ccc5c(c4)c4ccccc4n5-c4cccc(-n5c6nc7ccccc7n6c6ccccc6n6c7ccccc7nc56)c4)ccc32)cc1. The van der Waals surface area contributed by atoms with Crippen molar-refractivity contribution in [1.82, 2.24) is 64.9 Å². The lowest BCUT2D eigenvalue weighted by Gasteiger charge is -2.12. The van der Waals surface area contributed by atoms with E-state index in [1.165, 1.54) is 87.4 Å². The second-order valence-corrected chi connectivity index (χ2v) is 32.6. The molecule has 0 aliphatic carbocycles. The number of rotatable bonds is 8.